The van der Waals surface area contributed by atoms with Crippen molar-refractivity contribution in [1.29, 1.82) is 0 Å². The Hall–Kier alpha value is -1.36. The number of hydrogen-bond donors (Lipinski definition) is 3. The van der Waals surface area contributed by atoms with Gasteiger partial charge in [-0.05, 0) is 51.4 Å². The second-order valence-corrected chi connectivity index (χ2v) is 8.48. The molecule has 0 aliphatic carbocycles. The zero-order valence-electron chi connectivity index (χ0n) is 19.5. The fourth-order valence-corrected chi connectivity index (χ4v) is 3.46. The van der Waals surface area contributed by atoms with E-state index in [1.807, 2.05) is 0 Å². The molecule has 4 N–H and O–H groups in total. The zero-order chi connectivity index (χ0) is 22.3. The number of hydrogen-bond acceptors (Lipinski definition) is 3. The van der Waals surface area contributed by atoms with Crippen molar-refractivity contribution >= 4 is 11.9 Å². The highest BCUT2D eigenvalue weighted by molar-refractivity contribution is 5.75. The van der Waals surface area contributed by atoms with Crippen LogP contribution in [0.5, 0.6) is 0 Å². The van der Waals surface area contributed by atoms with Crippen molar-refractivity contribution in [3.8, 4) is 0 Å². The van der Waals surface area contributed by atoms with Crippen molar-refractivity contribution in [3.63, 3.8) is 0 Å². The van der Waals surface area contributed by atoms with Crippen LogP contribution in [0.25, 0.3) is 0 Å². The smallest absolute Gasteiger partial charge is 0.320 e. The van der Waals surface area contributed by atoms with E-state index in [1.54, 1.807) is 0 Å². The third-order valence-corrected chi connectivity index (χ3v) is 5.50. The van der Waals surface area contributed by atoms with E-state index >= 15 is 0 Å². The first kappa shape index (κ1) is 28.6. The average molecular weight is 425 g/mol. The number of carbonyl (C=O) groups is 2. The second-order valence-electron chi connectivity index (χ2n) is 8.48. The van der Waals surface area contributed by atoms with Gasteiger partial charge in [-0.25, -0.2) is 0 Å². The minimum Gasteiger partial charge on any atom is -0.480 e. The molecule has 0 radical (unpaired) electrons. The molecule has 5 heteroatoms. The number of allylic oxidation sites excluding steroid dienone is 2. The summed E-state index contributed by atoms with van der Waals surface area (Å²) in [5, 5.41) is 11.6. The molecule has 0 heterocycles. The van der Waals surface area contributed by atoms with Crippen LogP contribution in [0.4, 0.5) is 0 Å². The topological polar surface area (TPSA) is 92.4 Å². The summed E-state index contributed by atoms with van der Waals surface area (Å²) < 4.78 is 0. The van der Waals surface area contributed by atoms with Gasteiger partial charge in [-0.2, -0.15) is 0 Å². The van der Waals surface area contributed by atoms with Crippen molar-refractivity contribution < 1.29 is 14.7 Å². The van der Waals surface area contributed by atoms with E-state index in [2.05, 4.69) is 24.4 Å². The van der Waals surface area contributed by atoms with E-state index in [1.165, 1.54) is 70.6 Å². The van der Waals surface area contributed by atoms with Crippen molar-refractivity contribution in [3.05, 3.63) is 12.2 Å². The number of rotatable bonds is 22. The summed E-state index contributed by atoms with van der Waals surface area (Å²) in [7, 11) is 0. The van der Waals surface area contributed by atoms with Crippen LogP contribution in [-0.2, 0) is 9.59 Å². The maximum Gasteiger partial charge on any atom is 0.320 e. The molecule has 0 saturated carbocycles. The van der Waals surface area contributed by atoms with Gasteiger partial charge in [0.25, 0.3) is 0 Å². The van der Waals surface area contributed by atoms with Gasteiger partial charge in [0.2, 0.25) is 5.91 Å². The largest absolute Gasteiger partial charge is 0.480 e. The predicted octanol–water partition coefficient (Wildman–Crippen LogP) is 6.11. The van der Waals surface area contributed by atoms with Crippen LogP contribution in [0.3, 0.4) is 0 Å². The van der Waals surface area contributed by atoms with Crippen LogP contribution < -0.4 is 11.1 Å². The maximum absolute atomic E-state index is 11.8. The molecule has 0 aliphatic heterocycles. The second kappa shape index (κ2) is 22.3. The lowest BCUT2D eigenvalue weighted by atomic mass is 10.1. The molecule has 0 aromatic heterocycles. The molecule has 0 aliphatic rings. The van der Waals surface area contributed by atoms with Gasteiger partial charge >= 0.3 is 5.97 Å². The summed E-state index contributed by atoms with van der Waals surface area (Å²) in [6.45, 7) is 2.87. The molecule has 0 saturated heterocycles. The fourth-order valence-electron chi connectivity index (χ4n) is 3.46. The highest BCUT2D eigenvalue weighted by atomic mass is 16.4. The first-order valence-electron chi connectivity index (χ1n) is 12.5. The van der Waals surface area contributed by atoms with Gasteiger partial charge in [0, 0.05) is 13.0 Å². The normalized spacial score (nSPS) is 12.3. The number of amides is 1. The first-order chi connectivity index (χ1) is 14.6. The minimum atomic E-state index is -0.960. The fraction of sp³-hybridized carbons (Fsp3) is 0.840. The molecule has 176 valence electrons. The van der Waals surface area contributed by atoms with Crippen molar-refractivity contribution in [2.45, 2.75) is 129 Å². The summed E-state index contributed by atoms with van der Waals surface area (Å²) in [6.07, 6.45) is 25.1. The number of nitrogens with one attached hydrogen (secondary N) is 1. The van der Waals surface area contributed by atoms with Crippen LogP contribution in [0.15, 0.2) is 12.2 Å². The number of nitrogens with two attached hydrogens (primary N) is 1. The molecule has 0 rings (SSSR count). The lowest BCUT2D eigenvalue weighted by Gasteiger charge is -2.07. The SMILES string of the molecule is CCCCCCCCCC/C=C/CCCCCCC(=O)NCCCC[C@H](N)C(=O)O. The summed E-state index contributed by atoms with van der Waals surface area (Å²) in [5.41, 5.74) is 5.44. The molecule has 0 unspecified atom stereocenters. The van der Waals surface area contributed by atoms with Gasteiger partial charge in [0.15, 0.2) is 0 Å². The Labute approximate surface area is 185 Å². The first-order valence-corrected chi connectivity index (χ1v) is 12.5. The summed E-state index contributed by atoms with van der Waals surface area (Å²) in [4.78, 5) is 22.4. The van der Waals surface area contributed by atoms with Gasteiger partial charge in [0.05, 0.1) is 0 Å². The highest BCUT2D eigenvalue weighted by Gasteiger charge is 2.10. The van der Waals surface area contributed by atoms with E-state index in [4.69, 9.17) is 10.8 Å². The summed E-state index contributed by atoms with van der Waals surface area (Å²) >= 11 is 0. The predicted molar refractivity (Wildman–Crippen MR) is 127 cm³/mol. The highest BCUT2D eigenvalue weighted by Crippen LogP contribution is 2.10. The Morgan fingerprint density at radius 2 is 1.33 bits per heavy atom. The van der Waals surface area contributed by atoms with Crippen molar-refractivity contribution in [2.75, 3.05) is 6.54 Å². The van der Waals surface area contributed by atoms with Crippen LogP contribution in [0.2, 0.25) is 0 Å². The number of carboxylic acid groups (broad SMARTS) is 1. The Morgan fingerprint density at radius 1 is 0.800 bits per heavy atom. The van der Waals surface area contributed by atoms with Crippen LogP contribution >= 0.6 is 0 Å². The third kappa shape index (κ3) is 21.4. The number of aliphatic carboxylic acids is 1. The summed E-state index contributed by atoms with van der Waals surface area (Å²) in [5.74, 6) is -0.860. The van der Waals surface area contributed by atoms with E-state index < -0.39 is 12.0 Å². The standard InChI is InChI=1S/C25H48N2O3/c1-2-3-4-5-6-7-8-9-10-11-12-13-14-15-16-17-21-24(28)27-22-19-18-20-23(26)25(29)30/h11-12,23H,2-10,13-22,26H2,1H3,(H,27,28)(H,29,30)/b12-11+/t23-/m0/s1. The van der Waals surface area contributed by atoms with Crippen molar-refractivity contribution in [2.24, 2.45) is 5.73 Å². The molecular formula is C25H48N2O3. The lowest BCUT2D eigenvalue weighted by molar-refractivity contribution is -0.138. The Balaban J connectivity index is 3.28. The summed E-state index contributed by atoms with van der Waals surface area (Å²) in [6, 6.07) is -0.791. The molecular weight excluding hydrogens is 376 g/mol. The zero-order valence-corrected chi connectivity index (χ0v) is 19.5. The Morgan fingerprint density at radius 3 is 1.90 bits per heavy atom. The van der Waals surface area contributed by atoms with Crippen LogP contribution in [0.1, 0.15) is 122 Å². The third-order valence-electron chi connectivity index (χ3n) is 5.50. The minimum absolute atomic E-state index is 0.0998. The van der Waals surface area contributed by atoms with Crippen molar-refractivity contribution in [1.82, 2.24) is 5.32 Å². The number of carboxylic acids is 1. The molecule has 0 fully saturated rings. The van der Waals surface area contributed by atoms with Gasteiger partial charge < -0.3 is 16.2 Å². The monoisotopic (exact) mass is 424 g/mol. The van der Waals surface area contributed by atoms with Crippen LogP contribution in [-0.4, -0.2) is 29.6 Å². The van der Waals surface area contributed by atoms with Gasteiger partial charge in [-0.1, -0.05) is 76.9 Å². The molecule has 30 heavy (non-hydrogen) atoms. The molecule has 1 atom stereocenters. The Kier molecular flexibility index (Phi) is 21.3. The van der Waals surface area contributed by atoms with E-state index in [0.717, 1.165) is 32.1 Å². The number of carbonyl (C=O) groups excluding carboxylic acids is 1. The molecule has 1 amide bonds. The molecule has 0 aromatic rings. The van der Waals surface area contributed by atoms with Gasteiger partial charge in [0.1, 0.15) is 6.04 Å². The van der Waals surface area contributed by atoms with E-state index in [0.29, 0.717) is 19.4 Å². The number of unbranched alkanes of at least 4 members (excludes halogenated alkanes) is 13. The van der Waals surface area contributed by atoms with Gasteiger partial charge in [-0.3, -0.25) is 9.59 Å². The Bertz CT molecular complexity index is 438. The molecule has 0 bridgehead atoms. The maximum atomic E-state index is 11.8. The van der Waals surface area contributed by atoms with Crippen LogP contribution in [0, 0.1) is 0 Å². The average Bonchev–Trinajstić information content (AvgIpc) is 2.72. The lowest BCUT2D eigenvalue weighted by Crippen LogP contribution is -2.30. The van der Waals surface area contributed by atoms with E-state index in [-0.39, 0.29) is 5.91 Å². The van der Waals surface area contributed by atoms with E-state index in [9.17, 15) is 9.59 Å². The molecule has 0 aromatic carbocycles. The molecule has 5 nitrogen and oxygen atoms in total. The molecule has 0 spiro atoms. The van der Waals surface area contributed by atoms with Gasteiger partial charge in [-0.15, -0.1) is 0 Å². The quantitative estimate of drug-likeness (QED) is 0.144.